The Morgan fingerprint density at radius 3 is 1.43 bits per heavy atom. The fourth-order valence-electron chi connectivity index (χ4n) is 5.97. The molecule has 2 atom stereocenters. The molecular formula is C35H34N8O. The number of aromatic nitrogens is 4. The van der Waals surface area contributed by atoms with Gasteiger partial charge in [-0.15, -0.1) is 0 Å². The fraction of sp³-hybridized carbons (Fsp3) is 0.171. The van der Waals surface area contributed by atoms with E-state index in [1.807, 2.05) is 98.8 Å². The van der Waals surface area contributed by atoms with Crippen LogP contribution in [0.1, 0.15) is 36.8 Å². The van der Waals surface area contributed by atoms with Crippen LogP contribution in [-0.2, 0) is 4.79 Å². The maximum absolute atomic E-state index is 14.2. The van der Waals surface area contributed by atoms with Crippen LogP contribution in [0.15, 0.2) is 84.9 Å². The van der Waals surface area contributed by atoms with Gasteiger partial charge in [-0.05, 0) is 57.6 Å². The molecule has 0 bridgehead atoms. The quantitative estimate of drug-likeness (QED) is 0.155. The number of carbonyl (C=O) groups excluding carboxylic acids is 1. The van der Waals surface area contributed by atoms with Gasteiger partial charge in [-0.2, -0.15) is 9.97 Å². The van der Waals surface area contributed by atoms with Crippen LogP contribution in [0.5, 0.6) is 0 Å². The van der Waals surface area contributed by atoms with Gasteiger partial charge in [0.2, 0.25) is 11.9 Å². The summed E-state index contributed by atoms with van der Waals surface area (Å²) in [5.41, 5.74) is 19.2. The van der Waals surface area contributed by atoms with Crippen LogP contribution in [0, 0.1) is 0 Å². The van der Waals surface area contributed by atoms with E-state index in [0.717, 1.165) is 55.2 Å². The van der Waals surface area contributed by atoms with Gasteiger partial charge in [0.15, 0.2) is 0 Å². The molecule has 9 heteroatoms. The van der Waals surface area contributed by atoms with Gasteiger partial charge in [-0.25, -0.2) is 9.97 Å². The van der Waals surface area contributed by atoms with E-state index in [1.165, 1.54) is 0 Å². The molecule has 2 aromatic heterocycles. The van der Waals surface area contributed by atoms with Gasteiger partial charge in [0.05, 0.1) is 11.0 Å². The minimum atomic E-state index is -0.365. The first-order valence-corrected chi connectivity index (χ1v) is 14.5. The minimum Gasteiger partial charge on any atom is -0.372 e. The van der Waals surface area contributed by atoms with Crippen LogP contribution in [0.3, 0.4) is 0 Å². The Morgan fingerprint density at radius 1 is 0.614 bits per heavy atom. The molecule has 0 spiro atoms. The number of nitrogens with two attached hydrogens (primary N) is 2. The lowest BCUT2D eigenvalue weighted by Crippen LogP contribution is -2.18. The zero-order chi connectivity index (χ0) is 31.0. The second-order valence-corrected chi connectivity index (χ2v) is 10.8. The normalized spacial score (nSPS) is 12.6. The van der Waals surface area contributed by atoms with Crippen molar-refractivity contribution in [2.75, 3.05) is 36.2 Å². The number of fused-ring (bicyclic) bond motifs is 2. The van der Waals surface area contributed by atoms with Crippen molar-refractivity contribution in [1.29, 1.82) is 0 Å². The Hall–Kier alpha value is -5.57. The van der Waals surface area contributed by atoms with Crippen LogP contribution >= 0.6 is 0 Å². The van der Waals surface area contributed by atoms with Crippen molar-refractivity contribution in [3.05, 3.63) is 96.1 Å². The summed E-state index contributed by atoms with van der Waals surface area (Å²) >= 11 is 0. The molecule has 0 saturated heterocycles. The molecule has 0 amide bonds. The number of nitrogens with one attached hydrogen (secondary N) is 2. The summed E-state index contributed by atoms with van der Waals surface area (Å²) in [6, 6.07) is 28.1. The number of hydrogen-bond donors (Lipinski definition) is 4. The Kier molecular flexibility index (Phi) is 7.53. The number of hydrogen-bond acceptors (Lipinski definition) is 9. The molecule has 0 aliphatic carbocycles. The monoisotopic (exact) mass is 582 g/mol. The molecule has 9 nitrogen and oxygen atoms in total. The van der Waals surface area contributed by atoms with Crippen LogP contribution < -0.4 is 22.1 Å². The Balaban J connectivity index is 1.36. The molecule has 220 valence electrons. The van der Waals surface area contributed by atoms with Crippen LogP contribution in [0.2, 0.25) is 0 Å². The Labute approximate surface area is 255 Å². The van der Waals surface area contributed by atoms with E-state index in [4.69, 9.17) is 11.5 Å². The highest BCUT2D eigenvalue weighted by atomic mass is 16.1. The van der Waals surface area contributed by atoms with Crippen LogP contribution in [-0.4, -0.2) is 39.8 Å². The van der Waals surface area contributed by atoms with Gasteiger partial charge in [0, 0.05) is 36.7 Å². The van der Waals surface area contributed by atoms with Crippen molar-refractivity contribution in [3.63, 3.8) is 0 Å². The fourth-order valence-corrected chi connectivity index (χ4v) is 5.97. The van der Waals surface area contributed by atoms with Crippen molar-refractivity contribution in [2.45, 2.75) is 25.7 Å². The summed E-state index contributed by atoms with van der Waals surface area (Å²) in [6.45, 7) is 3.96. The van der Waals surface area contributed by atoms with Crippen LogP contribution in [0.4, 0.5) is 23.5 Å². The average Bonchev–Trinajstić information content (AvgIpc) is 3.05. The lowest BCUT2D eigenvalue weighted by atomic mass is 9.81. The summed E-state index contributed by atoms with van der Waals surface area (Å²) in [7, 11) is 3.61. The maximum Gasteiger partial charge on any atom is 0.222 e. The highest BCUT2D eigenvalue weighted by Gasteiger charge is 2.27. The van der Waals surface area contributed by atoms with Gasteiger partial charge in [0.1, 0.15) is 17.4 Å². The largest absolute Gasteiger partial charge is 0.372 e. The molecule has 0 aliphatic rings. The minimum absolute atomic E-state index is 0.125. The summed E-state index contributed by atoms with van der Waals surface area (Å²) < 4.78 is 0. The Morgan fingerprint density at radius 2 is 1.02 bits per heavy atom. The lowest BCUT2D eigenvalue weighted by molar-refractivity contribution is -0.121. The number of nitrogen functional groups attached to an aromatic ring is 2. The van der Waals surface area contributed by atoms with Crippen molar-refractivity contribution >= 4 is 51.1 Å². The average molecular weight is 583 g/mol. The van der Waals surface area contributed by atoms with Crippen LogP contribution in [0.25, 0.3) is 44.1 Å². The van der Waals surface area contributed by atoms with Gasteiger partial charge in [-0.3, -0.25) is 4.79 Å². The summed E-state index contributed by atoms with van der Waals surface area (Å²) in [5.74, 6) is 1.15. The molecule has 6 rings (SSSR count). The zero-order valence-electron chi connectivity index (χ0n) is 25.1. The molecule has 0 radical (unpaired) electrons. The van der Waals surface area contributed by atoms with E-state index in [-0.39, 0.29) is 29.5 Å². The molecule has 44 heavy (non-hydrogen) atoms. The SMILES string of the molecule is CNc1nc(N)nc2cc(-c3ccccc3C(C)C(=O)C(C)c3ccccc3-c3ccc4c(NC)nc(N)nc4c3)ccc12. The van der Waals surface area contributed by atoms with Gasteiger partial charge < -0.3 is 22.1 Å². The molecule has 6 N–H and O–H groups in total. The first-order valence-electron chi connectivity index (χ1n) is 14.5. The topological polar surface area (TPSA) is 145 Å². The third-order valence-corrected chi connectivity index (χ3v) is 8.23. The van der Waals surface area contributed by atoms with Gasteiger partial charge in [-0.1, -0.05) is 74.5 Å². The van der Waals surface area contributed by atoms with Crippen molar-refractivity contribution in [3.8, 4) is 22.3 Å². The highest BCUT2D eigenvalue weighted by Crippen LogP contribution is 2.38. The summed E-state index contributed by atoms with van der Waals surface area (Å²) in [5, 5.41) is 7.92. The van der Waals surface area contributed by atoms with Crippen molar-refractivity contribution < 1.29 is 4.79 Å². The van der Waals surface area contributed by atoms with Gasteiger partial charge >= 0.3 is 0 Å². The smallest absolute Gasteiger partial charge is 0.222 e. The predicted molar refractivity (Wildman–Crippen MR) is 180 cm³/mol. The third kappa shape index (κ3) is 5.13. The van der Waals surface area contributed by atoms with E-state index >= 15 is 0 Å². The number of rotatable bonds is 8. The second kappa shape index (κ2) is 11.6. The van der Waals surface area contributed by atoms with E-state index in [9.17, 15) is 4.79 Å². The van der Waals surface area contributed by atoms with E-state index in [1.54, 1.807) is 14.1 Å². The predicted octanol–water partition coefficient (Wildman–Crippen LogP) is 6.63. The molecule has 0 fully saturated rings. The second-order valence-electron chi connectivity index (χ2n) is 10.8. The number of carbonyl (C=O) groups is 1. The molecule has 6 aromatic rings. The molecule has 0 aliphatic heterocycles. The molecule has 2 unspecified atom stereocenters. The maximum atomic E-state index is 14.2. The van der Waals surface area contributed by atoms with Crippen molar-refractivity contribution in [1.82, 2.24) is 19.9 Å². The molecule has 2 heterocycles. The highest BCUT2D eigenvalue weighted by molar-refractivity contribution is 5.97. The Bertz CT molecular complexity index is 1900. The molecular weight excluding hydrogens is 548 g/mol. The first kappa shape index (κ1) is 28.5. The summed E-state index contributed by atoms with van der Waals surface area (Å²) in [4.78, 5) is 31.7. The third-order valence-electron chi connectivity index (χ3n) is 8.23. The number of Topliss-reactive ketones (excluding diaryl/α,β-unsaturated/α-hetero) is 1. The first-order chi connectivity index (χ1) is 21.3. The zero-order valence-corrected chi connectivity index (χ0v) is 25.1. The summed E-state index contributed by atoms with van der Waals surface area (Å²) in [6.07, 6.45) is 0. The van der Waals surface area contributed by atoms with E-state index in [0.29, 0.717) is 11.6 Å². The van der Waals surface area contributed by atoms with Gasteiger partial charge in [0.25, 0.3) is 0 Å². The molecule has 4 aromatic carbocycles. The van der Waals surface area contributed by atoms with E-state index in [2.05, 4.69) is 30.6 Å². The molecule has 0 saturated carbocycles. The van der Waals surface area contributed by atoms with E-state index < -0.39 is 0 Å². The lowest BCUT2D eigenvalue weighted by Gasteiger charge is -2.22. The number of anilines is 4. The van der Waals surface area contributed by atoms with Crippen molar-refractivity contribution in [2.24, 2.45) is 0 Å². The number of nitrogens with zero attached hydrogens (tertiary/aromatic N) is 4. The standard InChI is InChI=1S/C35H34N8O/c1-19(23-9-5-7-11-25(23)21-13-15-27-29(17-21)40-34(36)42-32(27)38-3)31(44)20(2)24-10-6-8-12-26(24)22-14-16-28-30(18-22)41-35(37)43-33(28)39-4/h5-20H,1-4H3,(H3,36,38,40,42)(H3,37,39,41,43). The number of ketones is 1. The number of benzene rings is 4.